The average Bonchev–Trinajstić information content (AvgIpc) is 2.68. The van der Waals surface area contributed by atoms with Crippen LogP contribution < -0.4 is 11.1 Å². The molecule has 3 N–H and O–H groups in total. The second-order valence-corrected chi connectivity index (χ2v) is 5.64. The van der Waals surface area contributed by atoms with Crippen LogP contribution in [0.15, 0.2) is 24.3 Å². The maximum atomic E-state index is 12.3. The van der Waals surface area contributed by atoms with Crippen LogP contribution in [0, 0.1) is 6.92 Å². The molecule has 0 unspecified atom stereocenters. The normalized spacial score (nSPS) is 11.8. The van der Waals surface area contributed by atoms with E-state index >= 15 is 0 Å². The number of hydrogen-bond acceptors (Lipinski definition) is 2. The minimum absolute atomic E-state index is 0.0893. The second kappa shape index (κ2) is 4.70. The highest BCUT2D eigenvalue weighted by Crippen LogP contribution is 2.22. The Morgan fingerprint density at radius 2 is 2.11 bits per heavy atom. The molecule has 4 heteroatoms. The summed E-state index contributed by atoms with van der Waals surface area (Å²) < 4.78 is 1.92. The number of nitrogens with two attached hydrogens (primary N) is 1. The van der Waals surface area contributed by atoms with Gasteiger partial charge < -0.3 is 15.6 Å². The number of nitrogens with zero attached hydrogens (tertiary/aromatic N) is 1. The van der Waals surface area contributed by atoms with Crippen LogP contribution in [0.2, 0.25) is 0 Å². The maximum absolute atomic E-state index is 12.3. The largest absolute Gasteiger partial charge is 0.345 e. The molecule has 0 aliphatic carbocycles. The van der Waals surface area contributed by atoms with Gasteiger partial charge in [0.05, 0.1) is 0 Å². The highest BCUT2D eigenvalue weighted by molar-refractivity contribution is 5.99. The Balaban J connectivity index is 2.44. The van der Waals surface area contributed by atoms with Crippen molar-refractivity contribution in [3.05, 3.63) is 35.5 Å². The molecule has 1 amide bonds. The average molecular weight is 259 g/mol. The molecule has 0 radical (unpaired) electrons. The molecule has 1 aromatic carbocycles. The van der Waals surface area contributed by atoms with Crippen molar-refractivity contribution in [1.29, 1.82) is 0 Å². The van der Waals surface area contributed by atoms with E-state index in [1.54, 1.807) is 0 Å². The minimum Gasteiger partial charge on any atom is -0.345 e. The van der Waals surface area contributed by atoms with Crippen LogP contribution in [-0.4, -0.2) is 22.6 Å². The zero-order chi connectivity index (χ0) is 14.2. The van der Waals surface area contributed by atoms with E-state index in [4.69, 9.17) is 5.73 Å². The van der Waals surface area contributed by atoms with Gasteiger partial charge in [0.2, 0.25) is 0 Å². The first-order valence-electron chi connectivity index (χ1n) is 6.43. The highest BCUT2D eigenvalue weighted by Gasteiger charge is 2.21. The smallest absolute Gasteiger partial charge is 0.268 e. The molecule has 0 atom stereocenters. The fourth-order valence-corrected chi connectivity index (χ4v) is 2.15. The van der Waals surface area contributed by atoms with E-state index in [9.17, 15) is 4.79 Å². The fourth-order valence-electron chi connectivity index (χ4n) is 2.15. The molecule has 19 heavy (non-hydrogen) atoms. The molecule has 2 aromatic rings. The topological polar surface area (TPSA) is 60.1 Å². The second-order valence-electron chi connectivity index (χ2n) is 5.64. The van der Waals surface area contributed by atoms with Gasteiger partial charge in [-0.05, 0) is 38.5 Å². The third-order valence-corrected chi connectivity index (χ3v) is 3.50. The maximum Gasteiger partial charge on any atom is 0.268 e. The lowest BCUT2D eigenvalue weighted by Crippen LogP contribution is -2.49. The number of aromatic nitrogens is 1. The third kappa shape index (κ3) is 2.49. The zero-order valence-electron chi connectivity index (χ0n) is 11.9. The Kier molecular flexibility index (Phi) is 3.37. The molecular weight excluding hydrogens is 238 g/mol. The Morgan fingerprint density at radius 3 is 2.68 bits per heavy atom. The van der Waals surface area contributed by atoms with Gasteiger partial charge in [-0.25, -0.2) is 0 Å². The molecule has 102 valence electrons. The predicted octanol–water partition coefficient (Wildman–Crippen LogP) is 1.95. The van der Waals surface area contributed by atoms with Gasteiger partial charge in [-0.3, -0.25) is 4.79 Å². The first kappa shape index (κ1) is 13.6. The number of amides is 1. The lowest BCUT2D eigenvalue weighted by Gasteiger charge is -2.24. The number of benzene rings is 1. The van der Waals surface area contributed by atoms with Crippen molar-refractivity contribution < 1.29 is 4.79 Å². The van der Waals surface area contributed by atoms with Crippen molar-refractivity contribution in [2.24, 2.45) is 12.8 Å². The molecule has 2 rings (SSSR count). The lowest BCUT2D eigenvalue weighted by molar-refractivity contribution is 0.0908. The number of nitrogens with one attached hydrogen (secondary N) is 1. The fraction of sp³-hybridized carbons (Fsp3) is 0.400. The van der Waals surface area contributed by atoms with Crippen molar-refractivity contribution in [1.82, 2.24) is 9.88 Å². The Hall–Kier alpha value is -1.81. The summed E-state index contributed by atoms with van der Waals surface area (Å²) in [5.41, 5.74) is 8.14. The van der Waals surface area contributed by atoms with Crippen LogP contribution in [0.5, 0.6) is 0 Å². The first-order chi connectivity index (χ1) is 8.85. The molecule has 0 aliphatic rings. The van der Waals surface area contributed by atoms with E-state index in [-0.39, 0.29) is 5.91 Å². The molecule has 0 saturated heterocycles. The minimum atomic E-state index is -0.400. The Labute approximate surface area is 113 Å². The quantitative estimate of drug-likeness (QED) is 0.885. The number of aryl methyl sites for hydroxylation is 2. The van der Waals surface area contributed by atoms with Crippen molar-refractivity contribution in [2.75, 3.05) is 6.54 Å². The molecule has 0 saturated carbocycles. The standard InChI is InChI=1S/C15H21N3O/c1-10-6-5-7-12-11(10)8-13(18(12)4)14(19)17-15(2,3)9-16/h5-8H,9,16H2,1-4H3,(H,17,19). The number of hydrogen-bond donors (Lipinski definition) is 2. The van der Waals surface area contributed by atoms with E-state index in [1.807, 2.05) is 56.7 Å². The molecule has 1 heterocycles. The molecule has 0 aliphatic heterocycles. The summed E-state index contributed by atoms with van der Waals surface area (Å²) in [5.74, 6) is -0.0893. The number of rotatable bonds is 3. The SMILES string of the molecule is Cc1cccc2c1cc(C(=O)NC(C)(C)CN)n2C. The van der Waals surface area contributed by atoms with Crippen LogP contribution in [0.1, 0.15) is 29.9 Å². The van der Waals surface area contributed by atoms with E-state index in [0.717, 1.165) is 10.9 Å². The van der Waals surface area contributed by atoms with Crippen LogP contribution >= 0.6 is 0 Å². The summed E-state index contributed by atoms with van der Waals surface area (Å²) in [6.45, 7) is 6.28. The summed E-state index contributed by atoms with van der Waals surface area (Å²) in [6, 6.07) is 8.01. The first-order valence-corrected chi connectivity index (χ1v) is 6.43. The van der Waals surface area contributed by atoms with Crippen molar-refractivity contribution >= 4 is 16.8 Å². The molecule has 4 nitrogen and oxygen atoms in total. The van der Waals surface area contributed by atoms with Crippen molar-refractivity contribution in [3.63, 3.8) is 0 Å². The molecule has 1 aromatic heterocycles. The number of carbonyl (C=O) groups is 1. The van der Waals surface area contributed by atoms with Crippen molar-refractivity contribution in [3.8, 4) is 0 Å². The molecule has 0 spiro atoms. The summed E-state index contributed by atoms with van der Waals surface area (Å²) in [5, 5.41) is 4.07. The van der Waals surface area contributed by atoms with E-state index < -0.39 is 5.54 Å². The van der Waals surface area contributed by atoms with Gasteiger partial charge in [0, 0.05) is 30.0 Å². The summed E-state index contributed by atoms with van der Waals surface area (Å²) in [6.07, 6.45) is 0. The Bertz CT molecular complexity index is 626. The van der Waals surface area contributed by atoms with E-state index in [1.165, 1.54) is 5.56 Å². The van der Waals surface area contributed by atoms with Gasteiger partial charge >= 0.3 is 0 Å². The monoisotopic (exact) mass is 259 g/mol. The van der Waals surface area contributed by atoms with Gasteiger partial charge in [-0.15, -0.1) is 0 Å². The highest BCUT2D eigenvalue weighted by atomic mass is 16.2. The van der Waals surface area contributed by atoms with Gasteiger partial charge in [0.1, 0.15) is 5.69 Å². The van der Waals surface area contributed by atoms with Crippen molar-refractivity contribution in [2.45, 2.75) is 26.3 Å². The van der Waals surface area contributed by atoms with Crippen LogP contribution in [0.25, 0.3) is 10.9 Å². The third-order valence-electron chi connectivity index (χ3n) is 3.50. The Morgan fingerprint density at radius 1 is 1.42 bits per heavy atom. The summed E-state index contributed by atoms with van der Waals surface area (Å²) >= 11 is 0. The zero-order valence-corrected chi connectivity index (χ0v) is 11.9. The number of carbonyl (C=O) groups excluding carboxylic acids is 1. The van der Waals surface area contributed by atoms with Gasteiger partial charge in [0.15, 0.2) is 0 Å². The molecular formula is C15H21N3O. The van der Waals surface area contributed by atoms with E-state index in [0.29, 0.717) is 12.2 Å². The predicted molar refractivity (Wildman–Crippen MR) is 78.3 cm³/mol. The summed E-state index contributed by atoms with van der Waals surface area (Å²) in [7, 11) is 1.91. The number of fused-ring (bicyclic) bond motifs is 1. The van der Waals surface area contributed by atoms with Crippen LogP contribution in [-0.2, 0) is 7.05 Å². The van der Waals surface area contributed by atoms with Gasteiger partial charge in [0.25, 0.3) is 5.91 Å². The lowest BCUT2D eigenvalue weighted by atomic mass is 10.1. The van der Waals surface area contributed by atoms with Gasteiger partial charge in [-0.1, -0.05) is 12.1 Å². The van der Waals surface area contributed by atoms with Crippen LogP contribution in [0.3, 0.4) is 0 Å². The molecule has 0 bridgehead atoms. The molecule has 0 fully saturated rings. The van der Waals surface area contributed by atoms with Gasteiger partial charge in [-0.2, -0.15) is 0 Å². The van der Waals surface area contributed by atoms with E-state index in [2.05, 4.69) is 5.32 Å². The summed E-state index contributed by atoms with van der Waals surface area (Å²) in [4.78, 5) is 12.3. The van der Waals surface area contributed by atoms with Crippen LogP contribution in [0.4, 0.5) is 0 Å².